The van der Waals surface area contributed by atoms with Gasteiger partial charge < -0.3 is 19.7 Å². The molecule has 1 saturated carbocycles. The SMILES string of the molecule is O=C(O)COc1cccc2c1O[C@H]1C[C@@H](O)[C@H](NS(=O)(=O)c3ccccc3)[C@@H]21. The zero-order valence-electron chi connectivity index (χ0n) is 14.7. The zero-order chi connectivity index (χ0) is 19.9. The number of sulfonamides is 1. The highest BCUT2D eigenvalue weighted by atomic mass is 32.2. The summed E-state index contributed by atoms with van der Waals surface area (Å²) in [5, 5.41) is 19.3. The number of aliphatic hydroxyl groups excluding tert-OH is 1. The van der Waals surface area contributed by atoms with Crippen molar-refractivity contribution in [1.82, 2.24) is 4.72 Å². The highest BCUT2D eigenvalue weighted by molar-refractivity contribution is 7.89. The van der Waals surface area contributed by atoms with E-state index in [9.17, 15) is 18.3 Å². The third-order valence-corrected chi connectivity index (χ3v) is 6.48. The van der Waals surface area contributed by atoms with Gasteiger partial charge in [0, 0.05) is 17.9 Å². The third kappa shape index (κ3) is 3.32. The molecule has 0 amide bonds. The molecule has 9 heteroatoms. The molecule has 0 bridgehead atoms. The first-order valence-electron chi connectivity index (χ1n) is 8.76. The first-order chi connectivity index (χ1) is 13.4. The average Bonchev–Trinajstić information content (AvgIpc) is 3.17. The molecule has 2 aromatic carbocycles. The maximum absolute atomic E-state index is 12.7. The molecule has 28 heavy (non-hydrogen) atoms. The summed E-state index contributed by atoms with van der Waals surface area (Å²) < 4.78 is 39.2. The molecule has 0 spiro atoms. The smallest absolute Gasteiger partial charge is 0.341 e. The Morgan fingerprint density at radius 3 is 2.64 bits per heavy atom. The predicted octanol–water partition coefficient (Wildman–Crippen LogP) is 1.11. The molecule has 1 aliphatic carbocycles. The summed E-state index contributed by atoms with van der Waals surface area (Å²) in [5.74, 6) is -0.834. The summed E-state index contributed by atoms with van der Waals surface area (Å²) in [7, 11) is -3.82. The van der Waals surface area contributed by atoms with Crippen LogP contribution in [0, 0.1) is 0 Å². The number of benzene rings is 2. The second-order valence-electron chi connectivity index (χ2n) is 6.80. The average molecular weight is 405 g/mol. The van der Waals surface area contributed by atoms with E-state index in [0.717, 1.165) is 0 Å². The molecule has 8 nitrogen and oxygen atoms in total. The molecule has 2 aromatic rings. The van der Waals surface area contributed by atoms with Gasteiger partial charge in [-0.2, -0.15) is 0 Å². The van der Waals surface area contributed by atoms with Gasteiger partial charge in [-0.3, -0.25) is 0 Å². The molecule has 4 rings (SSSR count). The van der Waals surface area contributed by atoms with Crippen molar-refractivity contribution in [3.05, 3.63) is 54.1 Å². The van der Waals surface area contributed by atoms with Crippen LogP contribution in [0.2, 0.25) is 0 Å². The molecular formula is C19H19NO7S. The van der Waals surface area contributed by atoms with Gasteiger partial charge in [-0.05, 0) is 18.2 Å². The Bertz CT molecular complexity index is 993. The van der Waals surface area contributed by atoms with Gasteiger partial charge in [0.05, 0.1) is 17.0 Å². The minimum absolute atomic E-state index is 0.114. The number of ether oxygens (including phenoxy) is 2. The van der Waals surface area contributed by atoms with Crippen LogP contribution in [0.5, 0.6) is 11.5 Å². The van der Waals surface area contributed by atoms with E-state index in [4.69, 9.17) is 14.6 Å². The lowest BCUT2D eigenvalue weighted by Gasteiger charge is -2.22. The van der Waals surface area contributed by atoms with Crippen LogP contribution in [-0.2, 0) is 14.8 Å². The molecule has 1 fully saturated rings. The quantitative estimate of drug-likeness (QED) is 0.658. The van der Waals surface area contributed by atoms with Crippen molar-refractivity contribution < 1.29 is 32.9 Å². The summed E-state index contributed by atoms with van der Waals surface area (Å²) in [4.78, 5) is 10.9. The lowest BCUT2D eigenvalue weighted by Crippen LogP contribution is -2.43. The van der Waals surface area contributed by atoms with E-state index < -0.39 is 46.8 Å². The lowest BCUT2D eigenvalue weighted by atomic mass is 9.94. The maximum atomic E-state index is 12.7. The molecule has 4 atom stereocenters. The summed E-state index contributed by atoms with van der Waals surface area (Å²) in [6.45, 7) is -0.512. The second kappa shape index (κ2) is 7.08. The van der Waals surface area contributed by atoms with E-state index in [1.165, 1.54) is 12.1 Å². The number of hydrogen-bond acceptors (Lipinski definition) is 6. The number of carboxylic acids is 1. The van der Waals surface area contributed by atoms with Gasteiger partial charge in [-0.25, -0.2) is 17.9 Å². The molecule has 1 aliphatic heterocycles. The summed E-state index contributed by atoms with van der Waals surface area (Å²) in [6, 6.07) is 12.2. The van der Waals surface area contributed by atoms with E-state index in [1.54, 1.807) is 36.4 Å². The number of para-hydroxylation sites is 1. The van der Waals surface area contributed by atoms with Crippen LogP contribution >= 0.6 is 0 Å². The Balaban J connectivity index is 1.63. The Morgan fingerprint density at radius 2 is 1.93 bits per heavy atom. The van der Waals surface area contributed by atoms with Crippen molar-refractivity contribution >= 4 is 16.0 Å². The number of hydrogen-bond donors (Lipinski definition) is 3. The fourth-order valence-corrected chi connectivity index (χ4v) is 5.16. The van der Waals surface area contributed by atoms with Crippen LogP contribution in [0.15, 0.2) is 53.4 Å². The van der Waals surface area contributed by atoms with Crippen LogP contribution in [0.4, 0.5) is 0 Å². The van der Waals surface area contributed by atoms with Crippen molar-refractivity contribution in [2.24, 2.45) is 0 Å². The molecule has 0 aromatic heterocycles. The van der Waals surface area contributed by atoms with Crippen LogP contribution in [0.3, 0.4) is 0 Å². The number of carboxylic acid groups (broad SMARTS) is 1. The minimum atomic E-state index is -3.82. The lowest BCUT2D eigenvalue weighted by molar-refractivity contribution is -0.139. The van der Waals surface area contributed by atoms with Gasteiger partial charge in [-0.1, -0.05) is 30.3 Å². The van der Waals surface area contributed by atoms with Gasteiger partial charge in [0.15, 0.2) is 18.1 Å². The van der Waals surface area contributed by atoms with Gasteiger partial charge in [0.1, 0.15) is 6.10 Å². The maximum Gasteiger partial charge on any atom is 0.341 e. The summed E-state index contributed by atoms with van der Waals surface area (Å²) in [6.07, 6.45) is -1.09. The topological polar surface area (TPSA) is 122 Å². The van der Waals surface area contributed by atoms with E-state index >= 15 is 0 Å². The largest absolute Gasteiger partial charge is 0.485 e. The van der Waals surface area contributed by atoms with E-state index in [1.807, 2.05) is 0 Å². The van der Waals surface area contributed by atoms with E-state index in [2.05, 4.69) is 4.72 Å². The fraction of sp³-hybridized carbons (Fsp3) is 0.316. The Hall–Kier alpha value is -2.62. The molecule has 2 aliphatic rings. The van der Waals surface area contributed by atoms with Crippen LogP contribution in [0.25, 0.3) is 0 Å². The van der Waals surface area contributed by atoms with E-state index in [-0.39, 0.29) is 17.1 Å². The van der Waals surface area contributed by atoms with E-state index in [0.29, 0.717) is 11.3 Å². The van der Waals surface area contributed by atoms with Crippen molar-refractivity contribution in [2.75, 3.05) is 6.61 Å². The van der Waals surface area contributed by atoms with Gasteiger partial charge in [-0.15, -0.1) is 0 Å². The molecule has 1 heterocycles. The molecular weight excluding hydrogens is 386 g/mol. The zero-order valence-corrected chi connectivity index (χ0v) is 15.5. The second-order valence-corrected chi connectivity index (χ2v) is 8.52. The van der Waals surface area contributed by atoms with Crippen molar-refractivity contribution in [3.8, 4) is 11.5 Å². The first kappa shape index (κ1) is 18.7. The van der Waals surface area contributed by atoms with Crippen LogP contribution in [0.1, 0.15) is 17.9 Å². The van der Waals surface area contributed by atoms with Gasteiger partial charge in [0.25, 0.3) is 0 Å². The summed E-state index contributed by atoms with van der Waals surface area (Å²) >= 11 is 0. The standard InChI is InChI=1S/C19H19NO7S/c21-13-9-15-17(18(13)20-28(24,25)11-5-2-1-3-6-11)12-7-4-8-14(19(12)27-15)26-10-16(22)23/h1-8,13,15,17-18,20-21H,9-10H2,(H,22,23)/t13-,15+,17+,18+/m1/s1. The van der Waals surface area contributed by atoms with Gasteiger partial charge in [0.2, 0.25) is 10.0 Å². The molecule has 148 valence electrons. The Morgan fingerprint density at radius 1 is 1.18 bits per heavy atom. The summed E-state index contributed by atoms with van der Waals surface area (Å²) in [5.41, 5.74) is 0.685. The number of rotatable bonds is 6. The number of nitrogens with one attached hydrogen (secondary N) is 1. The van der Waals surface area contributed by atoms with Crippen molar-refractivity contribution in [3.63, 3.8) is 0 Å². The van der Waals surface area contributed by atoms with Crippen LogP contribution in [-0.4, -0.2) is 49.5 Å². The number of fused-ring (bicyclic) bond motifs is 3. The highest BCUT2D eigenvalue weighted by Crippen LogP contribution is 2.51. The molecule has 3 N–H and O–H groups in total. The molecule has 0 unspecified atom stereocenters. The number of aliphatic carboxylic acids is 1. The van der Waals surface area contributed by atoms with Gasteiger partial charge >= 0.3 is 5.97 Å². The Kier molecular flexibility index (Phi) is 4.74. The predicted molar refractivity (Wildman–Crippen MR) is 97.9 cm³/mol. The third-order valence-electron chi connectivity index (χ3n) is 5.01. The fourth-order valence-electron chi connectivity index (χ4n) is 3.84. The number of aliphatic hydroxyl groups is 1. The Labute approximate surface area is 161 Å². The molecule has 0 radical (unpaired) electrons. The molecule has 0 saturated heterocycles. The van der Waals surface area contributed by atoms with Crippen molar-refractivity contribution in [2.45, 2.75) is 35.5 Å². The number of carbonyl (C=O) groups is 1. The van der Waals surface area contributed by atoms with Crippen LogP contribution < -0.4 is 14.2 Å². The minimum Gasteiger partial charge on any atom is -0.485 e. The van der Waals surface area contributed by atoms with Crippen molar-refractivity contribution in [1.29, 1.82) is 0 Å². The monoisotopic (exact) mass is 405 g/mol. The highest BCUT2D eigenvalue weighted by Gasteiger charge is 2.51. The first-order valence-corrected chi connectivity index (χ1v) is 10.2. The normalized spacial score (nSPS) is 25.6.